The van der Waals surface area contributed by atoms with E-state index in [1.807, 2.05) is 0 Å². The summed E-state index contributed by atoms with van der Waals surface area (Å²) in [5.74, 6) is 0. The average molecular weight is 723 g/mol. The topological polar surface area (TPSA) is 32.8 Å². The van der Waals surface area contributed by atoms with E-state index in [4.69, 9.17) is 8.83 Å². The lowest BCUT2D eigenvalue weighted by molar-refractivity contribution is 0.630. The molecule has 268 valence electrons. The van der Waals surface area contributed by atoms with Crippen molar-refractivity contribution in [2.75, 3.05) is 9.80 Å². The van der Waals surface area contributed by atoms with Crippen molar-refractivity contribution in [1.82, 2.24) is 0 Å². The zero-order chi connectivity index (χ0) is 37.5. The zero-order valence-corrected chi connectivity index (χ0v) is 31.7. The van der Waals surface area contributed by atoms with Crippen LogP contribution < -0.4 is 9.80 Å². The third kappa shape index (κ3) is 4.08. The second-order valence-corrected chi connectivity index (χ2v) is 16.5. The lowest BCUT2D eigenvalue weighted by Gasteiger charge is -2.42. The third-order valence-corrected chi connectivity index (χ3v) is 12.8. The summed E-state index contributed by atoms with van der Waals surface area (Å²) in [5, 5.41) is 6.58. The van der Waals surface area contributed by atoms with E-state index < -0.39 is 0 Å². The van der Waals surface area contributed by atoms with Gasteiger partial charge in [0.15, 0.2) is 0 Å². The lowest BCUT2D eigenvalue weighted by atomic mass is 9.73. The van der Waals surface area contributed by atoms with Gasteiger partial charge in [0, 0.05) is 66.7 Å². The number of furan rings is 2. The van der Waals surface area contributed by atoms with Gasteiger partial charge in [0.1, 0.15) is 22.3 Å². The molecule has 4 heterocycles. The molecular formula is C52H38N2O2. The van der Waals surface area contributed by atoms with Crippen LogP contribution in [0.5, 0.6) is 0 Å². The van der Waals surface area contributed by atoms with Crippen molar-refractivity contribution in [3.05, 3.63) is 180 Å². The standard InChI is InChI=1S/C52H38N2O2/c1-51(2)39-19-11-13-21-43(39)53(31-15-7-5-8-16-31)45-29-47-37(27-41(45)51)35-25-23-34-33(49(35)55-47)24-26-36-38-28-42-46(30-48(38)56-50(34)36)54(32-17-9-6-10-18-32)44-22-14-12-20-40(44)52(42,3)4/h5-30H,1-4H3. The van der Waals surface area contributed by atoms with Crippen LogP contribution in [0.1, 0.15) is 49.9 Å². The molecule has 0 radical (unpaired) electrons. The van der Waals surface area contributed by atoms with E-state index in [1.54, 1.807) is 0 Å². The van der Waals surface area contributed by atoms with E-state index in [1.165, 1.54) is 33.6 Å². The number of benzene rings is 8. The van der Waals surface area contributed by atoms with Crippen LogP contribution in [0.3, 0.4) is 0 Å². The first-order valence-corrected chi connectivity index (χ1v) is 19.5. The van der Waals surface area contributed by atoms with Gasteiger partial charge in [-0.3, -0.25) is 0 Å². The number of para-hydroxylation sites is 4. The number of nitrogens with zero attached hydrogens (tertiary/aromatic N) is 2. The Morgan fingerprint density at radius 1 is 0.339 bits per heavy atom. The van der Waals surface area contributed by atoms with Crippen molar-refractivity contribution in [2.24, 2.45) is 0 Å². The smallest absolute Gasteiger partial charge is 0.143 e. The summed E-state index contributed by atoms with van der Waals surface area (Å²) in [6.07, 6.45) is 0. The molecule has 2 aliphatic heterocycles. The molecule has 0 bridgehead atoms. The van der Waals surface area contributed by atoms with Gasteiger partial charge < -0.3 is 18.6 Å². The molecule has 56 heavy (non-hydrogen) atoms. The molecule has 0 spiro atoms. The highest BCUT2D eigenvalue weighted by atomic mass is 16.3. The number of rotatable bonds is 2. The highest BCUT2D eigenvalue weighted by Crippen LogP contribution is 2.55. The van der Waals surface area contributed by atoms with Crippen LogP contribution in [-0.2, 0) is 10.8 Å². The van der Waals surface area contributed by atoms with Crippen LogP contribution in [0.4, 0.5) is 34.1 Å². The number of anilines is 6. The lowest BCUT2D eigenvalue weighted by Crippen LogP contribution is -2.30. The molecule has 0 N–H and O–H groups in total. The molecule has 8 aromatic carbocycles. The van der Waals surface area contributed by atoms with Crippen LogP contribution in [-0.4, -0.2) is 0 Å². The maximum Gasteiger partial charge on any atom is 0.143 e. The highest BCUT2D eigenvalue weighted by molar-refractivity contribution is 6.23. The van der Waals surface area contributed by atoms with Crippen molar-refractivity contribution in [2.45, 2.75) is 38.5 Å². The van der Waals surface area contributed by atoms with E-state index >= 15 is 0 Å². The van der Waals surface area contributed by atoms with Gasteiger partial charge >= 0.3 is 0 Å². The summed E-state index contributed by atoms with van der Waals surface area (Å²) >= 11 is 0. The van der Waals surface area contributed by atoms with Gasteiger partial charge in [-0.25, -0.2) is 0 Å². The predicted molar refractivity (Wildman–Crippen MR) is 232 cm³/mol. The minimum Gasteiger partial charge on any atom is -0.455 e. The van der Waals surface area contributed by atoms with Gasteiger partial charge in [-0.1, -0.05) is 100 Å². The third-order valence-electron chi connectivity index (χ3n) is 12.8. The Bertz CT molecular complexity index is 3040. The molecule has 0 aliphatic carbocycles. The second kappa shape index (κ2) is 10.9. The van der Waals surface area contributed by atoms with Crippen molar-refractivity contribution < 1.29 is 8.83 Å². The summed E-state index contributed by atoms with van der Waals surface area (Å²) in [4.78, 5) is 4.77. The molecule has 0 saturated heterocycles. The van der Waals surface area contributed by atoms with Crippen molar-refractivity contribution >= 4 is 88.8 Å². The maximum atomic E-state index is 6.93. The molecule has 0 atom stereocenters. The Balaban J connectivity index is 1.08. The fraction of sp³-hybridized carbons (Fsp3) is 0.115. The van der Waals surface area contributed by atoms with Gasteiger partial charge in [0.05, 0.1) is 22.7 Å². The Morgan fingerprint density at radius 3 is 1.11 bits per heavy atom. The molecule has 0 amide bonds. The molecule has 10 aromatic rings. The summed E-state index contributed by atoms with van der Waals surface area (Å²) < 4.78 is 13.9. The van der Waals surface area contributed by atoms with Crippen molar-refractivity contribution in [3.8, 4) is 0 Å². The summed E-state index contributed by atoms with van der Waals surface area (Å²) in [6, 6.07) is 57.0. The molecule has 2 aliphatic rings. The molecule has 4 nitrogen and oxygen atoms in total. The number of hydrogen-bond acceptors (Lipinski definition) is 4. The maximum absolute atomic E-state index is 6.93. The van der Waals surface area contributed by atoms with Crippen molar-refractivity contribution in [3.63, 3.8) is 0 Å². The molecule has 0 saturated carbocycles. The van der Waals surface area contributed by atoms with Crippen LogP contribution in [0.15, 0.2) is 167 Å². The quantitative estimate of drug-likeness (QED) is 0.178. The Hall–Kier alpha value is -6.78. The molecule has 2 aromatic heterocycles. The van der Waals surface area contributed by atoms with E-state index in [0.29, 0.717) is 0 Å². The Kier molecular flexibility index (Phi) is 6.15. The minimum atomic E-state index is -0.211. The molecule has 0 unspecified atom stereocenters. The minimum absolute atomic E-state index is 0.211. The first kappa shape index (κ1) is 31.6. The summed E-state index contributed by atoms with van der Waals surface area (Å²) in [5.41, 5.74) is 15.2. The summed E-state index contributed by atoms with van der Waals surface area (Å²) in [7, 11) is 0. The van der Waals surface area contributed by atoms with E-state index in [-0.39, 0.29) is 10.8 Å². The first-order chi connectivity index (χ1) is 27.3. The fourth-order valence-corrected chi connectivity index (χ4v) is 9.97. The summed E-state index contributed by atoms with van der Waals surface area (Å²) in [6.45, 7) is 9.36. The van der Waals surface area contributed by atoms with E-state index in [2.05, 4.69) is 195 Å². The highest BCUT2D eigenvalue weighted by Gasteiger charge is 2.39. The van der Waals surface area contributed by atoms with Gasteiger partial charge in [-0.15, -0.1) is 0 Å². The van der Waals surface area contributed by atoms with Gasteiger partial charge in [0.25, 0.3) is 0 Å². The SMILES string of the molecule is CC1(C)c2ccccc2N(c2ccccc2)c2cc3oc4c(ccc5c4ccc4c6cc7c(cc6oc45)N(c4ccccc4)c4ccccc4C7(C)C)c3cc21. The van der Waals surface area contributed by atoms with Gasteiger partial charge in [-0.05, 0) is 95.1 Å². The fourth-order valence-electron chi connectivity index (χ4n) is 9.97. The Morgan fingerprint density at radius 2 is 0.696 bits per heavy atom. The van der Waals surface area contributed by atoms with Crippen LogP contribution in [0.2, 0.25) is 0 Å². The first-order valence-electron chi connectivity index (χ1n) is 19.5. The molecule has 4 heteroatoms. The number of hydrogen-bond donors (Lipinski definition) is 0. The molecule has 0 fully saturated rings. The number of fused-ring (bicyclic) bond motifs is 13. The van der Waals surface area contributed by atoms with Crippen molar-refractivity contribution in [1.29, 1.82) is 0 Å². The zero-order valence-electron chi connectivity index (χ0n) is 31.7. The monoisotopic (exact) mass is 722 g/mol. The van der Waals surface area contributed by atoms with Crippen LogP contribution >= 0.6 is 0 Å². The average Bonchev–Trinajstić information content (AvgIpc) is 3.79. The molecule has 12 rings (SSSR count). The largest absolute Gasteiger partial charge is 0.455 e. The predicted octanol–water partition coefficient (Wildman–Crippen LogP) is 14.9. The van der Waals surface area contributed by atoms with Crippen LogP contribution in [0, 0.1) is 0 Å². The normalized spacial score (nSPS) is 15.4. The van der Waals surface area contributed by atoms with Gasteiger partial charge in [-0.2, -0.15) is 0 Å². The van der Waals surface area contributed by atoms with E-state index in [9.17, 15) is 0 Å². The Labute approximate surface area is 324 Å². The van der Waals surface area contributed by atoms with Crippen LogP contribution in [0.25, 0.3) is 54.6 Å². The molecular weight excluding hydrogens is 685 g/mol. The van der Waals surface area contributed by atoms with E-state index in [0.717, 1.165) is 77.4 Å². The second-order valence-electron chi connectivity index (χ2n) is 16.5. The van der Waals surface area contributed by atoms with Gasteiger partial charge in [0.2, 0.25) is 0 Å².